The molecule has 0 unspecified atom stereocenters. The highest BCUT2D eigenvalue weighted by molar-refractivity contribution is 7.18. The van der Waals surface area contributed by atoms with E-state index in [9.17, 15) is 9.18 Å². The van der Waals surface area contributed by atoms with E-state index in [-0.39, 0.29) is 11.4 Å². The summed E-state index contributed by atoms with van der Waals surface area (Å²) in [6.45, 7) is 8.66. The van der Waals surface area contributed by atoms with Crippen LogP contribution in [-0.4, -0.2) is 58.1 Å². The van der Waals surface area contributed by atoms with Crippen LogP contribution < -0.4 is 5.56 Å². The average molecular weight is 455 g/mol. The normalized spacial score (nSPS) is 20.0. The zero-order valence-corrected chi connectivity index (χ0v) is 19.5. The van der Waals surface area contributed by atoms with Crippen LogP contribution in [0.5, 0.6) is 0 Å². The van der Waals surface area contributed by atoms with Crippen molar-refractivity contribution in [1.29, 1.82) is 0 Å². The molecule has 0 radical (unpaired) electrons. The third-order valence-corrected chi connectivity index (χ3v) is 8.19. The van der Waals surface area contributed by atoms with E-state index in [4.69, 9.17) is 0 Å². The van der Waals surface area contributed by atoms with Crippen molar-refractivity contribution in [3.05, 3.63) is 62.8 Å². The van der Waals surface area contributed by atoms with E-state index in [2.05, 4.69) is 21.7 Å². The molecular formula is C25H31FN4OS. The Bertz CT molecular complexity index is 1130. The molecule has 0 saturated carbocycles. The number of fused-ring (bicyclic) bond motifs is 3. The van der Waals surface area contributed by atoms with Gasteiger partial charge in [0.15, 0.2) is 0 Å². The van der Waals surface area contributed by atoms with Crippen molar-refractivity contribution < 1.29 is 4.39 Å². The van der Waals surface area contributed by atoms with Gasteiger partial charge in [-0.05, 0) is 61.9 Å². The smallest absolute Gasteiger partial charge is 0.262 e. The average Bonchev–Trinajstić information content (AvgIpc) is 3.19. The third kappa shape index (κ3) is 4.38. The number of hydrogen-bond acceptors (Lipinski definition) is 5. The summed E-state index contributed by atoms with van der Waals surface area (Å²) in [6, 6.07) is 7.08. The van der Waals surface area contributed by atoms with Gasteiger partial charge in [0.2, 0.25) is 0 Å². The maximum atomic E-state index is 13.3. The van der Waals surface area contributed by atoms with Gasteiger partial charge in [0, 0.05) is 43.6 Å². The molecule has 0 amide bonds. The fraction of sp³-hybridized carbons (Fsp3) is 0.520. The predicted octanol–water partition coefficient (Wildman–Crippen LogP) is 3.72. The number of piperazine rings is 1. The van der Waals surface area contributed by atoms with Crippen molar-refractivity contribution in [1.82, 2.24) is 19.4 Å². The second kappa shape index (κ2) is 9.41. The summed E-state index contributed by atoms with van der Waals surface area (Å²) in [4.78, 5) is 25.4. The first-order valence-corrected chi connectivity index (χ1v) is 12.6. The molecule has 2 aliphatic rings. The molecule has 7 heteroatoms. The SMILES string of the molecule is CCCN1CCN([C@@H]2CCc3c(sc4ncn(CCc5ccc(F)cc5)c(=O)c34)C2)CC1. The molecule has 3 heterocycles. The molecule has 3 aromatic rings. The lowest BCUT2D eigenvalue weighted by atomic mass is 9.91. The maximum absolute atomic E-state index is 13.3. The fourth-order valence-corrected chi connectivity index (χ4v) is 6.47. The van der Waals surface area contributed by atoms with E-state index >= 15 is 0 Å². The number of nitrogens with zero attached hydrogens (tertiary/aromatic N) is 4. The van der Waals surface area contributed by atoms with Gasteiger partial charge in [-0.25, -0.2) is 9.37 Å². The molecule has 1 saturated heterocycles. The molecule has 0 bridgehead atoms. The van der Waals surface area contributed by atoms with Crippen molar-refractivity contribution in [3.8, 4) is 0 Å². The lowest BCUT2D eigenvalue weighted by Crippen LogP contribution is -2.51. The van der Waals surface area contributed by atoms with Gasteiger partial charge in [-0.15, -0.1) is 11.3 Å². The van der Waals surface area contributed by atoms with Gasteiger partial charge >= 0.3 is 0 Å². The Balaban J connectivity index is 1.31. The minimum Gasteiger partial charge on any atom is -0.301 e. The number of hydrogen-bond donors (Lipinski definition) is 0. The lowest BCUT2D eigenvalue weighted by molar-refractivity contribution is 0.0902. The molecule has 2 aromatic heterocycles. The molecular weight excluding hydrogens is 423 g/mol. The minimum atomic E-state index is -0.236. The van der Waals surface area contributed by atoms with Gasteiger partial charge in [-0.1, -0.05) is 19.1 Å². The summed E-state index contributed by atoms with van der Waals surface area (Å²) in [6.07, 6.45) is 6.72. The Morgan fingerprint density at radius 2 is 1.91 bits per heavy atom. The first kappa shape index (κ1) is 21.7. The quantitative estimate of drug-likeness (QED) is 0.569. The Kier molecular flexibility index (Phi) is 6.40. The van der Waals surface area contributed by atoms with Crippen molar-refractivity contribution in [2.75, 3.05) is 32.7 Å². The van der Waals surface area contributed by atoms with E-state index in [1.165, 1.54) is 48.6 Å². The Morgan fingerprint density at radius 1 is 1.12 bits per heavy atom. The first-order chi connectivity index (χ1) is 15.6. The summed E-state index contributed by atoms with van der Waals surface area (Å²) in [7, 11) is 0. The first-order valence-electron chi connectivity index (χ1n) is 11.8. The highest BCUT2D eigenvalue weighted by Gasteiger charge is 2.30. The molecule has 1 atom stereocenters. The monoisotopic (exact) mass is 454 g/mol. The summed E-state index contributed by atoms with van der Waals surface area (Å²) in [5, 5.41) is 0.831. The predicted molar refractivity (Wildman–Crippen MR) is 128 cm³/mol. The van der Waals surface area contributed by atoms with Crippen LogP contribution in [0, 0.1) is 5.82 Å². The van der Waals surface area contributed by atoms with Crippen LogP contribution in [0.3, 0.4) is 0 Å². The molecule has 0 spiro atoms. The molecule has 1 aliphatic heterocycles. The number of thiophene rings is 1. The molecule has 5 rings (SSSR count). The van der Waals surface area contributed by atoms with Gasteiger partial charge < -0.3 is 4.90 Å². The summed E-state index contributed by atoms with van der Waals surface area (Å²) in [5.41, 5.74) is 2.33. The largest absolute Gasteiger partial charge is 0.301 e. The van der Waals surface area contributed by atoms with E-state index in [0.717, 1.165) is 48.1 Å². The number of aryl methyl sites for hydroxylation is 3. The third-order valence-electron chi connectivity index (χ3n) is 7.03. The van der Waals surface area contributed by atoms with Crippen molar-refractivity contribution in [2.24, 2.45) is 0 Å². The number of halogens is 1. The second-order valence-corrected chi connectivity index (χ2v) is 10.2. The van der Waals surface area contributed by atoms with Crippen molar-refractivity contribution >= 4 is 21.6 Å². The Labute approximate surface area is 192 Å². The summed E-state index contributed by atoms with van der Waals surface area (Å²) >= 11 is 1.71. The molecule has 0 N–H and O–H groups in total. The highest BCUT2D eigenvalue weighted by Crippen LogP contribution is 2.35. The fourth-order valence-electron chi connectivity index (χ4n) is 5.22. The van der Waals surface area contributed by atoms with Crippen molar-refractivity contribution in [3.63, 3.8) is 0 Å². The minimum absolute atomic E-state index is 0.0706. The Hall–Kier alpha value is -2.09. The lowest BCUT2D eigenvalue weighted by Gasteiger charge is -2.40. The van der Waals surface area contributed by atoms with E-state index in [1.54, 1.807) is 34.4 Å². The standard InChI is InChI=1S/C25H31FN4OS/c1-2-10-28-12-14-29(15-13-28)20-7-8-21-22(16-20)32-24-23(21)25(31)30(17-27-24)11-9-18-3-5-19(26)6-4-18/h3-6,17,20H,2,7-16H2,1H3/t20-/m1/s1. The summed E-state index contributed by atoms with van der Waals surface area (Å²) < 4.78 is 14.9. The summed E-state index contributed by atoms with van der Waals surface area (Å²) in [5.74, 6) is -0.236. The maximum Gasteiger partial charge on any atom is 0.262 e. The zero-order valence-electron chi connectivity index (χ0n) is 18.7. The van der Waals surface area contributed by atoms with Gasteiger partial charge in [-0.3, -0.25) is 14.3 Å². The van der Waals surface area contributed by atoms with Crippen LogP contribution >= 0.6 is 11.3 Å². The van der Waals surface area contributed by atoms with E-state index in [1.807, 2.05) is 0 Å². The topological polar surface area (TPSA) is 41.4 Å². The van der Waals surface area contributed by atoms with E-state index in [0.29, 0.717) is 19.0 Å². The van der Waals surface area contributed by atoms with Crippen LogP contribution in [0.4, 0.5) is 4.39 Å². The van der Waals surface area contributed by atoms with Gasteiger partial charge in [0.05, 0.1) is 11.7 Å². The second-order valence-electron chi connectivity index (χ2n) is 9.08. The number of rotatable bonds is 6. The molecule has 5 nitrogen and oxygen atoms in total. The number of benzene rings is 1. The van der Waals surface area contributed by atoms with Crippen LogP contribution in [0.15, 0.2) is 35.4 Å². The molecule has 1 aliphatic carbocycles. The zero-order chi connectivity index (χ0) is 22.1. The van der Waals surface area contributed by atoms with E-state index < -0.39 is 0 Å². The molecule has 170 valence electrons. The van der Waals surface area contributed by atoms with Crippen LogP contribution in [0.25, 0.3) is 10.2 Å². The number of aromatic nitrogens is 2. The van der Waals surface area contributed by atoms with Crippen LogP contribution in [0.1, 0.15) is 35.8 Å². The molecule has 1 aromatic carbocycles. The molecule has 1 fully saturated rings. The van der Waals surface area contributed by atoms with Crippen molar-refractivity contribution in [2.45, 2.75) is 51.6 Å². The highest BCUT2D eigenvalue weighted by atomic mass is 32.1. The van der Waals surface area contributed by atoms with Gasteiger partial charge in [-0.2, -0.15) is 0 Å². The van der Waals surface area contributed by atoms with Gasteiger partial charge in [0.25, 0.3) is 5.56 Å². The van der Waals surface area contributed by atoms with Crippen LogP contribution in [-0.2, 0) is 25.8 Å². The molecule has 32 heavy (non-hydrogen) atoms. The van der Waals surface area contributed by atoms with Gasteiger partial charge in [0.1, 0.15) is 10.6 Å². The van der Waals surface area contributed by atoms with Crippen LogP contribution in [0.2, 0.25) is 0 Å². The Morgan fingerprint density at radius 3 is 2.66 bits per heavy atom.